The third-order valence-electron chi connectivity index (χ3n) is 2.37. The lowest BCUT2D eigenvalue weighted by atomic mass is 10.2. The number of nitrogens with one attached hydrogen (secondary N) is 1. The van der Waals surface area contributed by atoms with Crippen molar-refractivity contribution in [2.75, 3.05) is 7.05 Å². The zero-order valence-electron chi connectivity index (χ0n) is 8.74. The van der Waals surface area contributed by atoms with Crippen LogP contribution in [0.3, 0.4) is 0 Å². The van der Waals surface area contributed by atoms with Gasteiger partial charge >= 0.3 is 0 Å². The Morgan fingerprint density at radius 2 is 2.19 bits per heavy atom. The van der Waals surface area contributed by atoms with Crippen LogP contribution in [-0.2, 0) is 9.71 Å². The van der Waals surface area contributed by atoms with Crippen LogP contribution >= 0.6 is 11.6 Å². The van der Waals surface area contributed by atoms with Crippen LogP contribution in [-0.4, -0.2) is 22.1 Å². The predicted octanol–water partition coefficient (Wildman–Crippen LogP) is 2.10. The van der Waals surface area contributed by atoms with Gasteiger partial charge in [0, 0.05) is 16.5 Å². The zero-order chi connectivity index (χ0) is 11.8. The number of halogens is 1. The summed E-state index contributed by atoms with van der Waals surface area (Å²) in [7, 11) is -0.827. The average molecular weight is 255 g/mol. The minimum Gasteiger partial charge on any atom is -0.256 e. The van der Waals surface area contributed by atoms with E-state index in [1.165, 1.54) is 0 Å². The highest BCUT2D eigenvalue weighted by molar-refractivity contribution is 7.98. The van der Waals surface area contributed by atoms with Crippen molar-refractivity contribution in [1.82, 2.24) is 9.71 Å². The standard InChI is InChI=1S/C11H11ClN2OS/c1-13-16(2,15)8-3-4-11-9(7-8)10(12)5-6-14-11/h3-7H,2H2,1H3,(H,13,15). The molecule has 1 N–H and O–H groups in total. The summed E-state index contributed by atoms with van der Waals surface area (Å²) in [5.41, 5.74) is 0.780. The van der Waals surface area contributed by atoms with Gasteiger partial charge in [0.25, 0.3) is 0 Å². The molecule has 1 unspecified atom stereocenters. The lowest BCUT2D eigenvalue weighted by Gasteiger charge is -2.08. The van der Waals surface area contributed by atoms with Crippen molar-refractivity contribution < 1.29 is 4.21 Å². The number of pyridine rings is 1. The molecular weight excluding hydrogens is 244 g/mol. The molecule has 0 fully saturated rings. The number of aromatic nitrogens is 1. The third kappa shape index (κ3) is 1.91. The summed E-state index contributed by atoms with van der Waals surface area (Å²) in [5, 5.41) is 1.38. The summed E-state index contributed by atoms with van der Waals surface area (Å²) in [5.74, 6) is 3.65. The molecule has 16 heavy (non-hydrogen) atoms. The number of rotatable bonds is 2. The number of hydrogen-bond acceptors (Lipinski definition) is 2. The van der Waals surface area contributed by atoms with Gasteiger partial charge in [-0.25, -0.2) is 8.93 Å². The van der Waals surface area contributed by atoms with Crippen LogP contribution in [0.15, 0.2) is 35.4 Å². The van der Waals surface area contributed by atoms with Crippen molar-refractivity contribution in [3.05, 3.63) is 35.5 Å². The van der Waals surface area contributed by atoms with Gasteiger partial charge in [0.15, 0.2) is 0 Å². The molecule has 0 radical (unpaired) electrons. The van der Waals surface area contributed by atoms with Crippen LogP contribution in [0.4, 0.5) is 0 Å². The Kier molecular flexibility index (Phi) is 2.88. The van der Waals surface area contributed by atoms with Gasteiger partial charge in [0.05, 0.1) is 20.2 Å². The van der Waals surface area contributed by atoms with E-state index in [0.29, 0.717) is 9.92 Å². The Balaban J connectivity index is 2.74. The number of nitrogens with zero attached hydrogens (tertiary/aromatic N) is 1. The molecule has 0 spiro atoms. The van der Waals surface area contributed by atoms with E-state index in [0.717, 1.165) is 10.9 Å². The second-order valence-electron chi connectivity index (χ2n) is 3.35. The van der Waals surface area contributed by atoms with Crippen molar-refractivity contribution in [2.24, 2.45) is 0 Å². The Labute approximate surface area is 99.6 Å². The first kappa shape index (κ1) is 11.4. The maximum Gasteiger partial charge on any atom is 0.0717 e. The summed E-state index contributed by atoms with van der Waals surface area (Å²) in [6.45, 7) is 0. The minimum atomic E-state index is -2.44. The molecule has 1 aromatic heterocycles. The summed E-state index contributed by atoms with van der Waals surface area (Å²) >= 11 is 6.05. The average Bonchev–Trinajstić information content (AvgIpc) is 2.29. The number of hydrogen-bond donors (Lipinski definition) is 1. The molecule has 0 saturated heterocycles. The fourth-order valence-corrected chi connectivity index (χ4v) is 2.45. The van der Waals surface area contributed by atoms with E-state index in [4.69, 9.17) is 11.6 Å². The first-order chi connectivity index (χ1) is 7.54. The highest BCUT2D eigenvalue weighted by atomic mass is 35.5. The lowest BCUT2D eigenvalue weighted by Crippen LogP contribution is -2.18. The van der Waals surface area contributed by atoms with Gasteiger partial charge in [-0.05, 0) is 37.2 Å². The Morgan fingerprint density at radius 1 is 1.44 bits per heavy atom. The molecule has 0 amide bonds. The second kappa shape index (κ2) is 4.05. The number of benzene rings is 1. The van der Waals surface area contributed by atoms with E-state index in [-0.39, 0.29) is 0 Å². The van der Waals surface area contributed by atoms with Gasteiger partial charge in [-0.2, -0.15) is 0 Å². The highest BCUT2D eigenvalue weighted by Gasteiger charge is 2.07. The van der Waals surface area contributed by atoms with E-state index in [1.54, 1.807) is 37.5 Å². The van der Waals surface area contributed by atoms with Gasteiger partial charge in [-0.1, -0.05) is 11.6 Å². The second-order valence-corrected chi connectivity index (χ2v) is 5.99. The summed E-state index contributed by atoms with van der Waals surface area (Å²) in [6, 6.07) is 7.00. The molecule has 84 valence electrons. The molecule has 0 saturated carbocycles. The first-order valence-corrected chi connectivity index (χ1v) is 6.75. The summed E-state index contributed by atoms with van der Waals surface area (Å²) in [6.07, 6.45) is 1.64. The Bertz CT molecular complexity index is 637. The van der Waals surface area contributed by atoms with Crippen LogP contribution in [0.5, 0.6) is 0 Å². The molecule has 2 rings (SSSR count). The fraction of sp³-hybridized carbons (Fsp3) is 0.0909. The van der Waals surface area contributed by atoms with Crippen LogP contribution < -0.4 is 4.72 Å². The van der Waals surface area contributed by atoms with Gasteiger partial charge in [-0.3, -0.25) is 4.98 Å². The molecule has 1 aromatic carbocycles. The smallest absolute Gasteiger partial charge is 0.0717 e. The van der Waals surface area contributed by atoms with Crippen LogP contribution in [0.1, 0.15) is 0 Å². The van der Waals surface area contributed by atoms with E-state index in [9.17, 15) is 4.21 Å². The van der Waals surface area contributed by atoms with E-state index < -0.39 is 9.71 Å². The monoisotopic (exact) mass is 254 g/mol. The molecule has 0 bridgehead atoms. The van der Waals surface area contributed by atoms with E-state index >= 15 is 0 Å². The molecule has 0 aliphatic carbocycles. The minimum absolute atomic E-state index is 0.596. The third-order valence-corrected chi connectivity index (χ3v) is 4.37. The van der Waals surface area contributed by atoms with Gasteiger partial charge in [0.1, 0.15) is 0 Å². The van der Waals surface area contributed by atoms with Crippen molar-refractivity contribution in [1.29, 1.82) is 0 Å². The summed E-state index contributed by atoms with van der Waals surface area (Å²) in [4.78, 5) is 4.80. The molecular formula is C11H11ClN2OS. The van der Waals surface area contributed by atoms with Crippen LogP contribution in [0.2, 0.25) is 5.02 Å². The molecule has 1 atom stereocenters. The quantitative estimate of drug-likeness (QED) is 0.834. The largest absolute Gasteiger partial charge is 0.256 e. The molecule has 0 aliphatic heterocycles. The van der Waals surface area contributed by atoms with Crippen LogP contribution in [0.25, 0.3) is 10.9 Å². The molecule has 0 aliphatic rings. The fourth-order valence-electron chi connectivity index (χ4n) is 1.41. The summed E-state index contributed by atoms with van der Waals surface area (Å²) < 4.78 is 14.7. The maximum absolute atomic E-state index is 12.0. The SMILES string of the molecule is C=S(=O)(NC)c1ccc2nccc(Cl)c2c1. The van der Waals surface area contributed by atoms with Gasteiger partial charge < -0.3 is 0 Å². The maximum atomic E-state index is 12.0. The molecule has 5 heteroatoms. The number of fused-ring (bicyclic) bond motifs is 1. The Hall–Kier alpha value is -1.10. The van der Waals surface area contributed by atoms with Crippen molar-refractivity contribution >= 4 is 38.1 Å². The van der Waals surface area contributed by atoms with E-state index in [2.05, 4.69) is 15.6 Å². The highest BCUT2D eigenvalue weighted by Crippen LogP contribution is 2.24. The normalized spacial score (nSPS) is 14.9. The van der Waals surface area contributed by atoms with Crippen molar-refractivity contribution in [3.8, 4) is 0 Å². The van der Waals surface area contributed by atoms with E-state index in [1.807, 2.05) is 0 Å². The van der Waals surface area contributed by atoms with Crippen molar-refractivity contribution in [2.45, 2.75) is 4.90 Å². The van der Waals surface area contributed by atoms with Gasteiger partial charge in [-0.15, -0.1) is 0 Å². The van der Waals surface area contributed by atoms with Crippen LogP contribution in [0, 0.1) is 0 Å². The zero-order valence-corrected chi connectivity index (χ0v) is 10.3. The first-order valence-electron chi connectivity index (χ1n) is 4.64. The molecule has 2 aromatic rings. The van der Waals surface area contributed by atoms with Crippen molar-refractivity contribution in [3.63, 3.8) is 0 Å². The predicted molar refractivity (Wildman–Crippen MR) is 69.3 cm³/mol. The molecule has 3 nitrogen and oxygen atoms in total. The lowest BCUT2D eigenvalue weighted by molar-refractivity contribution is 0.676. The Morgan fingerprint density at radius 3 is 2.88 bits per heavy atom. The topological polar surface area (TPSA) is 42.0 Å². The molecule has 1 heterocycles. The van der Waals surface area contributed by atoms with Gasteiger partial charge in [0.2, 0.25) is 0 Å².